The van der Waals surface area contributed by atoms with Crippen molar-refractivity contribution >= 4 is 11.9 Å². The summed E-state index contributed by atoms with van der Waals surface area (Å²) in [6.45, 7) is 5.62. The number of allylic oxidation sites excluding steroid dienone is 4. The normalized spacial score (nSPS) is 14.3. The van der Waals surface area contributed by atoms with Gasteiger partial charge in [-0.1, -0.05) is 23.3 Å². The molecule has 0 atom stereocenters. The van der Waals surface area contributed by atoms with Crippen LogP contribution in [-0.2, 0) is 22.6 Å². The minimum Gasteiger partial charge on any atom is -0.550 e. The Hall–Kier alpha value is -2.76. The third-order valence-electron chi connectivity index (χ3n) is 4.88. The van der Waals surface area contributed by atoms with Gasteiger partial charge in [-0.15, -0.1) is 0 Å². The zero-order valence-electron chi connectivity index (χ0n) is 15.9. The van der Waals surface area contributed by atoms with E-state index in [1.807, 2.05) is 26.0 Å². The SMILES string of the molecule is C/C(=C\Cc1c(O)c(C)c2c(c1O)C(=O)OC2)CC/C=C(\C)CCC(=O)[O-]. The molecule has 6 heteroatoms. The van der Waals surface area contributed by atoms with Crippen molar-refractivity contribution in [1.82, 2.24) is 0 Å². The van der Waals surface area contributed by atoms with Crippen molar-refractivity contribution in [2.75, 3.05) is 0 Å². The van der Waals surface area contributed by atoms with E-state index in [1.54, 1.807) is 6.92 Å². The highest BCUT2D eigenvalue weighted by Gasteiger charge is 2.31. The van der Waals surface area contributed by atoms with Crippen LogP contribution in [0.5, 0.6) is 11.5 Å². The van der Waals surface area contributed by atoms with Gasteiger partial charge in [-0.25, -0.2) is 4.79 Å². The fourth-order valence-corrected chi connectivity index (χ4v) is 3.09. The molecule has 0 fully saturated rings. The van der Waals surface area contributed by atoms with E-state index in [0.717, 1.165) is 24.0 Å². The van der Waals surface area contributed by atoms with Crippen LogP contribution in [0.3, 0.4) is 0 Å². The van der Waals surface area contributed by atoms with Crippen LogP contribution < -0.4 is 5.11 Å². The number of fused-ring (bicyclic) bond motifs is 1. The second-order valence-corrected chi connectivity index (χ2v) is 6.95. The number of carboxylic acids is 1. The molecule has 146 valence electrons. The van der Waals surface area contributed by atoms with Crippen LogP contribution in [0.25, 0.3) is 0 Å². The molecule has 1 aromatic rings. The largest absolute Gasteiger partial charge is 0.550 e. The molecule has 27 heavy (non-hydrogen) atoms. The van der Waals surface area contributed by atoms with Gasteiger partial charge in [0.1, 0.15) is 23.7 Å². The number of rotatable bonds is 8. The Morgan fingerprint density at radius 1 is 1.11 bits per heavy atom. The van der Waals surface area contributed by atoms with Gasteiger partial charge in [0.25, 0.3) is 0 Å². The Kier molecular flexibility index (Phi) is 6.66. The van der Waals surface area contributed by atoms with E-state index in [0.29, 0.717) is 29.5 Å². The Bertz CT molecular complexity index is 817. The number of aliphatic carboxylic acids is 1. The molecule has 0 spiro atoms. The molecule has 2 N–H and O–H groups in total. The second kappa shape index (κ2) is 8.75. The van der Waals surface area contributed by atoms with Gasteiger partial charge >= 0.3 is 5.97 Å². The Morgan fingerprint density at radius 2 is 1.78 bits per heavy atom. The van der Waals surface area contributed by atoms with Gasteiger partial charge < -0.3 is 24.9 Å². The van der Waals surface area contributed by atoms with Gasteiger partial charge in [-0.3, -0.25) is 0 Å². The van der Waals surface area contributed by atoms with Crippen molar-refractivity contribution in [2.45, 2.75) is 59.5 Å². The van der Waals surface area contributed by atoms with Crippen molar-refractivity contribution in [3.63, 3.8) is 0 Å². The molecule has 6 nitrogen and oxygen atoms in total. The van der Waals surface area contributed by atoms with E-state index >= 15 is 0 Å². The first-order valence-corrected chi connectivity index (χ1v) is 8.96. The van der Waals surface area contributed by atoms with Crippen molar-refractivity contribution < 1.29 is 29.6 Å². The Balaban J connectivity index is 2.04. The number of ether oxygens (including phenoxy) is 1. The maximum absolute atomic E-state index is 11.8. The molecule has 0 bridgehead atoms. The van der Waals surface area contributed by atoms with E-state index in [-0.39, 0.29) is 30.1 Å². The van der Waals surface area contributed by atoms with Gasteiger partial charge in [0.15, 0.2) is 0 Å². The smallest absolute Gasteiger partial charge is 0.342 e. The highest BCUT2D eigenvalue weighted by atomic mass is 16.5. The molecule has 1 heterocycles. The van der Waals surface area contributed by atoms with Crippen molar-refractivity contribution in [3.05, 3.63) is 45.6 Å². The number of benzene rings is 1. The predicted octanol–water partition coefficient (Wildman–Crippen LogP) is 2.82. The maximum atomic E-state index is 11.8. The standard InChI is InChI=1S/C21H26O6/c1-12(5-4-6-13(2)8-10-17(22)23)7-9-15-19(24)14(3)16-11-27-21(26)18(16)20(15)25/h6-7,24-25H,4-5,8-11H2,1-3H3,(H,22,23)/p-1/b12-7+,13-6+. The fraction of sp³-hybridized carbons (Fsp3) is 0.429. The van der Waals surface area contributed by atoms with Crippen molar-refractivity contribution in [1.29, 1.82) is 0 Å². The summed E-state index contributed by atoms with van der Waals surface area (Å²) in [4.78, 5) is 22.3. The van der Waals surface area contributed by atoms with E-state index in [4.69, 9.17) is 4.74 Å². The third kappa shape index (κ3) is 4.90. The minimum atomic E-state index is -1.05. The number of esters is 1. The van der Waals surface area contributed by atoms with Gasteiger partial charge in [0, 0.05) is 17.1 Å². The summed E-state index contributed by atoms with van der Waals surface area (Å²) < 4.78 is 4.96. The number of hydrogen-bond acceptors (Lipinski definition) is 6. The van der Waals surface area contributed by atoms with Crippen LogP contribution in [0.2, 0.25) is 0 Å². The summed E-state index contributed by atoms with van der Waals surface area (Å²) in [6, 6.07) is 0. The molecular weight excluding hydrogens is 348 g/mol. The molecule has 1 aromatic carbocycles. The van der Waals surface area contributed by atoms with E-state index in [2.05, 4.69) is 0 Å². The first kappa shape index (κ1) is 20.6. The number of aromatic hydroxyl groups is 2. The number of cyclic esters (lactones) is 1. The number of carbonyl (C=O) groups excluding carboxylic acids is 2. The average molecular weight is 373 g/mol. The summed E-state index contributed by atoms with van der Waals surface area (Å²) in [5.41, 5.74) is 3.65. The van der Waals surface area contributed by atoms with E-state index in [1.165, 1.54) is 0 Å². The molecule has 1 aliphatic heterocycles. The summed E-state index contributed by atoms with van der Waals surface area (Å²) >= 11 is 0. The quantitative estimate of drug-likeness (QED) is 0.536. The number of phenols is 2. The molecule has 0 radical (unpaired) electrons. The lowest BCUT2D eigenvalue weighted by molar-refractivity contribution is -0.305. The third-order valence-corrected chi connectivity index (χ3v) is 4.88. The van der Waals surface area contributed by atoms with Gasteiger partial charge in [0.2, 0.25) is 0 Å². The molecule has 2 rings (SSSR count). The Morgan fingerprint density at radius 3 is 2.44 bits per heavy atom. The number of carbonyl (C=O) groups is 2. The lowest BCUT2D eigenvalue weighted by Crippen LogP contribution is -2.21. The molecule has 0 saturated carbocycles. The van der Waals surface area contributed by atoms with Crippen LogP contribution in [-0.4, -0.2) is 22.2 Å². The average Bonchev–Trinajstić information content (AvgIpc) is 3.00. The highest BCUT2D eigenvalue weighted by molar-refractivity contribution is 5.98. The summed E-state index contributed by atoms with van der Waals surface area (Å²) in [5.74, 6) is -1.83. The lowest BCUT2D eigenvalue weighted by Gasteiger charge is -2.12. The highest BCUT2D eigenvalue weighted by Crippen LogP contribution is 2.41. The number of phenolic OH excluding ortho intramolecular Hbond substituents is 2. The van der Waals surface area contributed by atoms with E-state index in [9.17, 15) is 24.9 Å². The Labute approximate surface area is 158 Å². The topological polar surface area (TPSA) is 107 Å². The van der Waals surface area contributed by atoms with Crippen LogP contribution in [0.15, 0.2) is 23.3 Å². The van der Waals surface area contributed by atoms with Crippen LogP contribution in [0.1, 0.15) is 66.6 Å². The first-order valence-electron chi connectivity index (χ1n) is 8.96. The summed E-state index contributed by atoms with van der Waals surface area (Å²) in [7, 11) is 0. The van der Waals surface area contributed by atoms with Crippen LogP contribution >= 0.6 is 0 Å². The lowest BCUT2D eigenvalue weighted by atomic mass is 9.95. The van der Waals surface area contributed by atoms with E-state index < -0.39 is 11.9 Å². The monoisotopic (exact) mass is 373 g/mol. The fourth-order valence-electron chi connectivity index (χ4n) is 3.09. The molecule has 0 unspecified atom stereocenters. The zero-order valence-corrected chi connectivity index (χ0v) is 15.9. The number of carboxylic acid groups (broad SMARTS) is 1. The minimum absolute atomic E-state index is 0.00776. The second-order valence-electron chi connectivity index (χ2n) is 6.95. The van der Waals surface area contributed by atoms with Crippen LogP contribution in [0, 0.1) is 6.92 Å². The molecular formula is C21H25O6-. The van der Waals surface area contributed by atoms with Crippen molar-refractivity contribution in [2.24, 2.45) is 0 Å². The molecule has 0 amide bonds. The number of hydrogen-bond donors (Lipinski definition) is 2. The van der Waals surface area contributed by atoms with Crippen molar-refractivity contribution in [3.8, 4) is 11.5 Å². The molecule has 1 aliphatic rings. The first-order chi connectivity index (χ1) is 12.7. The predicted molar refractivity (Wildman–Crippen MR) is 98.3 cm³/mol. The molecule has 0 aromatic heterocycles. The molecule has 0 saturated heterocycles. The van der Waals surface area contributed by atoms with Gasteiger partial charge in [0.05, 0.1) is 0 Å². The molecule has 0 aliphatic carbocycles. The summed E-state index contributed by atoms with van der Waals surface area (Å²) in [5, 5.41) is 31.2. The zero-order chi connectivity index (χ0) is 20.1. The summed E-state index contributed by atoms with van der Waals surface area (Å²) in [6.07, 6.45) is 6.27. The maximum Gasteiger partial charge on any atom is 0.342 e. The van der Waals surface area contributed by atoms with Crippen LogP contribution in [0.4, 0.5) is 0 Å². The van der Waals surface area contributed by atoms with Gasteiger partial charge in [-0.05, 0) is 58.4 Å². The van der Waals surface area contributed by atoms with Gasteiger partial charge in [-0.2, -0.15) is 0 Å².